The molecule has 4 heteroatoms. The van der Waals surface area contributed by atoms with E-state index < -0.39 is 0 Å². The molecule has 1 aliphatic heterocycles. The van der Waals surface area contributed by atoms with Gasteiger partial charge in [0.2, 0.25) is 0 Å². The molecule has 0 aliphatic carbocycles. The topological polar surface area (TPSA) is 38.8 Å². The number of methoxy groups -OCH3 is 1. The molecule has 0 N–H and O–H groups in total. The van der Waals surface area contributed by atoms with Gasteiger partial charge in [-0.3, -0.25) is 9.69 Å². The van der Waals surface area contributed by atoms with Crippen LogP contribution in [0.5, 0.6) is 5.75 Å². The van der Waals surface area contributed by atoms with Crippen molar-refractivity contribution in [1.29, 1.82) is 0 Å². The van der Waals surface area contributed by atoms with Crippen LogP contribution in [0.25, 0.3) is 0 Å². The van der Waals surface area contributed by atoms with Gasteiger partial charge in [-0.1, -0.05) is 24.6 Å². The van der Waals surface area contributed by atoms with Crippen LogP contribution in [0, 0.1) is 0 Å². The second kappa shape index (κ2) is 7.90. The molecule has 1 saturated heterocycles. The summed E-state index contributed by atoms with van der Waals surface area (Å²) in [4.78, 5) is 13.8. The lowest BCUT2D eigenvalue weighted by atomic mass is 9.99. The number of piperidine rings is 1. The van der Waals surface area contributed by atoms with Gasteiger partial charge in [0.05, 0.1) is 13.5 Å². The molecule has 110 valence electrons. The maximum absolute atomic E-state index is 11.4. The second-order valence-corrected chi connectivity index (χ2v) is 5.13. The van der Waals surface area contributed by atoms with Crippen molar-refractivity contribution in [2.24, 2.45) is 0 Å². The summed E-state index contributed by atoms with van der Waals surface area (Å²) in [6, 6.07) is 10.1. The van der Waals surface area contributed by atoms with Gasteiger partial charge in [0.15, 0.2) is 0 Å². The zero-order valence-corrected chi connectivity index (χ0v) is 12.1. The molecule has 1 aromatic rings. The summed E-state index contributed by atoms with van der Waals surface area (Å²) in [6.45, 7) is 2.55. The fraction of sp³-hybridized carbons (Fsp3) is 0.562. The number of benzene rings is 1. The highest BCUT2D eigenvalue weighted by atomic mass is 16.5. The van der Waals surface area contributed by atoms with Crippen LogP contribution in [0.4, 0.5) is 0 Å². The zero-order chi connectivity index (χ0) is 14.2. The number of likely N-dealkylation sites (tertiary alicyclic amines) is 1. The quantitative estimate of drug-likeness (QED) is 0.749. The smallest absolute Gasteiger partial charge is 0.307 e. The van der Waals surface area contributed by atoms with Gasteiger partial charge in [-0.25, -0.2) is 0 Å². The summed E-state index contributed by atoms with van der Waals surface area (Å²) in [7, 11) is 1.45. The van der Waals surface area contributed by atoms with Crippen molar-refractivity contribution in [2.45, 2.75) is 31.7 Å². The first-order chi connectivity index (χ1) is 9.79. The van der Waals surface area contributed by atoms with Crippen LogP contribution in [0.3, 0.4) is 0 Å². The minimum Gasteiger partial charge on any atom is -0.492 e. The van der Waals surface area contributed by atoms with Gasteiger partial charge in [-0.15, -0.1) is 0 Å². The Morgan fingerprint density at radius 2 is 2.10 bits per heavy atom. The number of nitrogens with zero attached hydrogens (tertiary/aromatic N) is 1. The van der Waals surface area contributed by atoms with Gasteiger partial charge in [-0.2, -0.15) is 0 Å². The molecular formula is C16H23NO3. The molecule has 1 atom stereocenters. The SMILES string of the molecule is COC(=O)CC1CCCCN1CCOc1ccccc1. The normalized spacial score (nSPS) is 19.6. The standard InChI is InChI=1S/C16H23NO3/c1-19-16(18)13-14-7-5-6-10-17(14)11-12-20-15-8-3-2-4-9-15/h2-4,8-9,14H,5-7,10-13H2,1H3. The third-order valence-electron chi connectivity index (χ3n) is 3.77. The van der Waals surface area contributed by atoms with Gasteiger partial charge < -0.3 is 9.47 Å². The Hall–Kier alpha value is -1.55. The van der Waals surface area contributed by atoms with Gasteiger partial charge in [0.1, 0.15) is 12.4 Å². The summed E-state index contributed by atoms with van der Waals surface area (Å²) >= 11 is 0. The Bertz CT molecular complexity index is 407. The maximum Gasteiger partial charge on any atom is 0.307 e. The number of hydrogen-bond acceptors (Lipinski definition) is 4. The van der Waals surface area contributed by atoms with E-state index in [1.165, 1.54) is 20.0 Å². The second-order valence-electron chi connectivity index (χ2n) is 5.13. The van der Waals surface area contributed by atoms with Crippen LogP contribution >= 0.6 is 0 Å². The van der Waals surface area contributed by atoms with Gasteiger partial charge in [0.25, 0.3) is 0 Å². The fourth-order valence-corrected chi connectivity index (χ4v) is 2.66. The van der Waals surface area contributed by atoms with Crippen LogP contribution in [-0.4, -0.2) is 43.7 Å². The van der Waals surface area contributed by atoms with Gasteiger partial charge in [-0.05, 0) is 31.5 Å². The molecule has 0 radical (unpaired) electrons. The molecule has 0 saturated carbocycles. The molecule has 0 amide bonds. The summed E-state index contributed by atoms with van der Waals surface area (Å²) in [5, 5.41) is 0. The van der Waals surface area contributed by atoms with Crippen molar-refractivity contribution in [3.05, 3.63) is 30.3 Å². The maximum atomic E-state index is 11.4. The van der Waals surface area contributed by atoms with E-state index in [2.05, 4.69) is 4.90 Å². The molecule has 0 aromatic heterocycles. The largest absolute Gasteiger partial charge is 0.492 e. The van der Waals surface area contributed by atoms with Crippen molar-refractivity contribution < 1.29 is 14.3 Å². The van der Waals surface area contributed by atoms with E-state index in [0.717, 1.165) is 25.3 Å². The first-order valence-corrected chi connectivity index (χ1v) is 7.28. The highest BCUT2D eigenvalue weighted by Crippen LogP contribution is 2.20. The Morgan fingerprint density at radius 1 is 1.30 bits per heavy atom. The number of hydrogen-bond donors (Lipinski definition) is 0. The van der Waals surface area contributed by atoms with Crippen molar-refractivity contribution in [3.63, 3.8) is 0 Å². The predicted octanol–water partition coefficient (Wildman–Crippen LogP) is 2.48. The number of esters is 1. The van der Waals surface area contributed by atoms with Crippen molar-refractivity contribution >= 4 is 5.97 Å². The van der Waals surface area contributed by atoms with Crippen molar-refractivity contribution in [2.75, 3.05) is 26.8 Å². The number of ether oxygens (including phenoxy) is 2. The van der Waals surface area contributed by atoms with E-state index in [1.807, 2.05) is 30.3 Å². The Kier molecular flexibility index (Phi) is 5.87. The van der Waals surface area contributed by atoms with E-state index in [0.29, 0.717) is 19.1 Å². The van der Waals surface area contributed by atoms with Gasteiger partial charge in [0, 0.05) is 12.6 Å². The average molecular weight is 277 g/mol. The molecule has 1 heterocycles. The zero-order valence-electron chi connectivity index (χ0n) is 12.1. The Labute approximate surface area is 120 Å². The molecule has 1 unspecified atom stereocenters. The molecule has 0 bridgehead atoms. The average Bonchev–Trinajstić information content (AvgIpc) is 2.50. The molecule has 1 fully saturated rings. The van der Waals surface area contributed by atoms with Crippen LogP contribution in [0.2, 0.25) is 0 Å². The lowest BCUT2D eigenvalue weighted by Gasteiger charge is -2.34. The van der Waals surface area contributed by atoms with E-state index in [9.17, 15) is 4.79 Å². The van der Waals surface area contributed by atoms with Crippen molar-refractivity contribution in [3.8, 4) is 5.75 Å². The summed E-state index contributed by atoms with van der Waals surface area (Å²) in [6.07, 6.45) is 3.95. The third-order valence-corrected chi connectivity index (χ3v) is 3.77. The van der Waals surface area contributed by atoms with E-state index in [1.54, 1.807) is 0 Å². The lowest BCUT2D eigenvalue weighted by molar-refractivity contribution is -0.142. The van der Waals surface area contributed by atoms with E-state index >= 15 is 0 Å². The van der Waals surface area contributed by atoms with Crippen LogP contribution in [-0.2, 0) is 9.53 Å². The van der Waals surface area contributed by atoms with Crippen molar-refractivity contribution in [1.82, 2.24) is 4.90 Å². The Morgan fingerprint density at radius 3 is 2.85 bits per heavy atom. The van der Waals surface area contributed by atoms with Crippen LogP contribution in [0.15, 0.2) is 30.3 Å². The molecular weight excluding hydrogens is 254 g/mol. The summed E-state index contributed by atoms with van der Waals surface area (Å²) < 4.78 is 10.5. The fourth-order valence-electron chi connectivity index (χ4n) is 2.66. The van der Waals surface area contributed by atoms with Crippen LogP contribution < -0.4 is 4.74 Å². The number of carbonyl (C=O) groups is 1. The molecule has 20 heavy (non-hydrogen) atoms. The third kappa shape index (κ3) is 4.53. The highest BCUT2D eigenvalue weighted by Gasteiger charge is 2.24. The molecule has 2 rings (SSSR count). The number of para-hydroxylation sites is 1. The lowest BCUT2D eigenvalue weighted by Crippen LogP contribution is -2.43. The number of carbonyl (C=O) groups excluding carboxylic acids is 1. The summed E-state index contributed by atoms with van der Waals surface area (Å²) in [5.41, 5.74) is 0. The monoisotopic (exact) mass is 277 g/mol. The number of rotatable bonds is 6. The Balaban J connectivity index is 1.78. The minimum atomic E-state index is -0.120. The molecule has 4 nitrogen and oxygen atoms in total. The molecule has 1 aliphatic rings. The van der Waals surface area contributed by atoms with Crippen LogP contribution in [0.1, 0.15) is 25.7 Å². The highest BCUT2D eigenvalue weighted by molar-refractivity contribution is 5.69. The molecule has 1 aromatic carbocycles. The molecule has 0 spiro atoms. The van der Waals surface area contributed by atoms with Gasteiger partial charge >= 0.3 is 5.97 Å². The predicted molar refractivity (Wildman–Crippen MR) is 77.8 cm³/mol. The van der Waals surface area contributed by atoms with E-state index in [-0.39, 0.29) is 5.97 Å². The minimum absolute atomic E-state index is 0.120. The van der Waals surface area contributed by atoms with E-state index in [4.69, 9.17) is 9.47 Å². The first-order valence-electron chi connectivity index (χ1n) is 7.28. The summed E-state index contributed by atoms with van der Waals surface area (Å²) in [5.74, 6) is 0.778. The first kappa shape index (κ1) is 14.9.